The lowest BCUT2D eigenvalue weighted by atomic mass is 10.0. The zero-order valence-corrected chi connectivity index (χ0v) is 14.9. The fraction of sp³-hybridized carbons (Fsp3) is 0.667. The largest absolute Gasteiger partial charge is 0.387 e. The summed E-state index contributed by atoms with van der Waals surface area (Å²) in [6.45, 7) is 1.19. The van der Waals surface area contributed by atoms with Gasteiger partial charge in [0.25, 0.3) is 0 Å². The second-order valence-corrected chi connectivity index (χ2v) is 5.86. The summed E-state index contributed by atoms with van der Waals surface area (Å²) in [5.41, 5.74) is 0.479. The van der Waals surface area contributed by atoms with Crippen LogP contribution in [0.5, 0.6) is 0 Å². The van der Waals surface area contributed by atoms with Crippen molar-refractivity contribution in [2.45, 2.75) is 18.6 Å². The number of halogens is 1. The first-order valence-electron chi connectivity index (χ1n) is 6.34. The summed E-state index contributed by atoms with van der Waals surface area (Å²) in [6.07, 6.45) is 2.61. The van der Waals surface area contributed by atoms with Crippen molar-refractivity contribution in [1.29, 1.82) is 0 Å². The smallest absolute Gasteiger partial charge is 0.191 e. The predicted octanol–water partition coefficient (Wildman–Crippen LogP) is 0.571. The van der Waals surface area contributed by atoms with E-state index in [9.17, 15) is 5.11 Å². The summed E-state index contributed by atoms with van der Waals surface area (Å²) < 4.78 is 1.82. The molecule has 0 spiro atoms. The van der Waals surface area contributed by atoms with Crippen LogP contribution in [0.2, 0.25) is 0 Å². The zero-order chi connectivity index (χ0) is 13.7. The Morgan fingerprint density at radius 1 is 1.60 bits per heavy atom. The van der Waals surface area contributed by atoms with E-state index >= 15 is 0 Å². The highest BCUT2D eigenvalue weighted by molar-refractivity contribution is 14.0. The molecule has 1 aliphatic rings. The molecule has 0 aliphatic carbocycles. The van der Waals surface area contributed by atoms with E-state index in [1.54, 1.807) is 25.0 Å². The van der Waals surface area contributed by atoms with E-state index in [0.29, 0.717) is 19.0 Å². The Kier molecular flexibility index (Phi) is 7.10. The molecule has 6 nitrogen and oxygen atoms in total. The van der Waals surface area contributed by atoms with Crippen LogP contribution in [0.1, 0.15) is 12.1 Å². The van der Waals surface area contributed by atoms with Crippen LogP contribution in [-0.4, -0.2) is 51.5 Å². The van der Waals surface area contributed by atoms with Crippen molar-refractivity contribution in [1.82, 2.24) is 20.4 Å². The van der Waals surface area contributed by atoms with Gasteiger partial charge >= 0.3 is 0 Å². The maximum atomic E-state index is 10.3. The Bertz CT molecular complexity index is 445. The average molecular weight is 411 g/mol. The summed E-state index contributed by atoms with van der Waals surface area (Å²) in [5.74, 6) is 2.52. The van der Waals surface area contributed by atoms with Crippen molar-refractivity contribution >= 4 is 41.7 Å². The molecule has 1 unspecified atom stereocenters. The summed E-state index contributed by atoms with van der Waals surface area (Å²) in [6, 6.07) is 1.96. The topological polar surface area (TPSA) is 74.5 Å². The number of hydrogen-bond acceptors (Lipinski definition) is 4. The Hall–Kier alpha value is -0.480. The molecule has 0 radical (unpaired) electrons. The zero-order valence-electron chi connectivity index (χ0n) is 11.8. The number of aromatic nitrogens is 2. The van der Waals surface area contributed by atoms with Gasteiger partial charge in [-0.3, -0.25) is 9.67 Å². The highest BCUT2D eigenvalue weighted by atomic mass is 127. The minimum atomic E-state index is -0.602. The van der Waals surface area contributed by atoms with Crippen molar-refractivity contribution in [3.8, 4) is 0 Å². The number of hydrogen-bond donors (Lipinski definition) is 3. The third kappa shape index (κ3) is 4.81. The number of aryl methyl sites for hydroxylation is 1. The van der Waals surface area contributed by atoms with Crippen LogP contribution in [0.15, 0.2) is 17.3 Å². The molecule has 114 valence electrons. The Morgan fingerprint density at radius 2 is 2.40 bits per heavy atom. The van der Waals surface area contributed by atoms with Crippen molar-refractivity contribution in [2.24, 2.45) is 12.0 Å². The van der Waals surface area contributed by atoms with Crippen LogP contribution >= 0.6 is 35.7 Å². The van der Waals surface area contributed by atoms with Crippen LogP contribution in [-0.2, 0) is 13.6 Å². The van der Waals surface area contributed by atoms with E-state index in [1.807, 2.05) is 17.8 Å². The number of guanidine groups is 1. The normalized spacial score (nSPS) is 22.4. The van der Waals surface area contributed by atoms with Crippen LogP contribution in [0.3, 0.4) is 0 Å². The van der Waals surface area contributed by atoms with E-state index in [2.05, 4.69) is 20.7 Å². The maximum absolute atomic E-state index is 10.3. The lowest BCUT2D eigenvalue weighted by Gasteiger charge is -2.23. The molecule has 1 aliphatic heterocycles. The lowest BCUT2D eigenvalue weighted by Crippen LogP contribution is -2.47. The second-order valence-electron chi connectivity index (χ2n) is 4.75. The molecule has 0 saturated carbocycles. The molecule has 1 saturated heterocycles. The molecule has 20 heavy (non-hydrogen) atoms. The second kappa shape index (κ2) is 8.08. The number of aliphatic hydroxyl groups is 1. The van der Waals surface area contributed by atoms with E-state index in [-0.39, 0.29) is 24.0 Å². The van der Waals surface area contributed by atoms with Gasteiger partial charge in [0, 0.05) is 32.6 Å². The highest BCUT2D eigenvalue weighted by Crippen LogP contribution is 2.26. The summed E-state index contributed by atoms with van der Waals surface area (Å²) >= 11 is 1.79. The van der Waals surface area contributed by atoms with E-state index in [4.69, 9.17) is 0 Å². The molecule has 0 amide bonds. The molecule has 1 fully saturated rings. The van der Waals surface area contributed by atoms with Crippen LogP contribution in [0.25, 0.3) is 0 Å². The van der Waals surface area contributed by atoms with E-state index < -0.39 is 5.60 Å². The first kappa shape index (κ1) is 17.6. The van der Waals surface area contributed by atoms with Crippen LogP contribution in [0.4, 0.5) is 0 Å². The lowest BCUT2D eigenvalue weighted by molar-refractivity contribution is 0.0724. The number of rotatable bonds is 4. The summed E-state index contributed by atoms with van der Waals surface area (Å²) in [4.78, 5) is 4.16. The third-order valence-corrected chi connectivity index (χ3v) is 4.48. The van der Waals surface area contributed by atoms with Gasteiger partial charge in [-0.15, -0.1) is 24.0 Å². The van der Waals surface area contributed by atoms with Gasteiger partial charge in [-0.25, -0.2) is 0 Å². The average Bonchev–Trinajstić information content (AvgIpc) is 3.00. The molecule has 1 aromatic rings. The van der Waals surface area contributed by atoms with Crippen molar-refractivity contribution < 1.29 is 5.11 Å². The molecule has 0 aromatic carbocycles. The van der Waals surface area contributed by atoms with Gasteiger partial charge in [-0.05, 0) is 18.2 Å². The fourth-order valence-corrected chi connectivity index (χ4v) is 3.25. The van der Waals surface area contributed by atoms with Crippen LogP contribution < -0.4 is 10.6 Å². The first-order valence-corrected chi connectivity index (χ1v) is 7.50. The van der Waals surface area contributed by atoms with Gasteiger partial charge in [0.05, 0.1) is 17.8 Å². The molecule has 1 atom stereocenters. The summed E-state index contributed by atoms with van der Waals surface area (Å²) in [7, 11) is 3.64. The minimum absolute atomic E-state index is 0. The van der Waals surface area contributed by atoms with E-state index in [0.717, 1.165) is 23.6 Å². The van der Waals surface area contributed by atoms with Crippen molar-refractivity contribution in [3.05, 3.63) is 18.0 Å². The molecule has 3 N–H and O–H groups in total. The van der Waals surface area contributed by atoms with E-state index in [1.165, 1.54) is 0 Å². The third-order valence-electron chi connectivity index (χ3n) is 3.25. The quantitative estimate of drug-likeness (QED) is 0.384. The standard InChI is InChI=1S/C12H21N5OS.HI/c1-13-11(14-7-10-3-5-16-17(10)2)15-8-12(18)4-6-19-9-12;/h3,5,18H,4,6-9H2,1-2H3,(H2,13,14,15);1H. The minimum Gasteiger partial charge on any atom is -0.387 e. The molecule has 1 aromatic heterocycles. The molecular weight excluding hydrogens is 389 g/mol. The van der Waals surface area contributed by atoms with Gasteiger partial charge in [-0.2, -0.15) is 16.9 Å². The molecule has 2 heterocycles. The highest BCUT2D eigenvalue weighted by Gasteiger charge is 2.31. The SMILES string of the molecule is CN=C(NCc1ccnn1C)NCC1(O)CCSC1.I. The first-order chi connectivity index (χ1) is 9.13. The Labute approximate surface area is 140 Å². The molecule has 0 bridgehead atoms. The Balaban J connectivity index is 0.00000200. The van der Waals surface area contributed by atoms with Crippen LogP contribution in [0, 0.1) is 0 Å². The van der Waals surface area contributed by atoms with Gasteiger partial charge in [0.2, 0.25) is 0 Å². The summed E-state index contributed by atoms with van der Waals surface area (Å²) in [5, 5.41) is 20.8. The van der Waals surface area contributed by atoms with Gasteiger partial charge < -0.3 is 15.7 Å². The maximum Gasteiger partial charge on any atom is 0.191 e. The monoisotopic (exact) mass is 411 g/mol. The Morgan fingerprint density at radius 3 is 2.95 bits per heavy atom. The number of nitrogens with one attached hydrogen (secondary N) is 2. The predicted molar refractivity (Wildman–Crippen MR) is 93.7 cm³/mol. The van der Waals surface area contributed by atoms with Crippen molar-refractivity contribution in [2.75, 3.05) is 25.1 Å². The van der Waals surface area contributed by atoms with Gasteiger partial charge in [-0.1, -0.05) is 0 Å². The number of thioether (sulfide) groups is 1. The molecule has 2 rings (SSSR count). The van der Waals surface area contributed by atoms with Gasteiger partial charge in [0.15, 0.2) is 5.96 Å². The van der Waals surface area contributed by atoms with Crippen molar-refractivity contribution in [3.63, 3.8) is 0 Å². The number of aliphatic imine (C=N–C) groups is 1. The molecule has 8 heteroatoms. The fourth-order valence-electron chi connectivity index (χ4n) is 1.95. The van der Waals surface area contributed by atoms with Gasteiger partial charge in [0.1, 0.15) is 0 Å². The number of nitrogens with zero attached hydrogens (tertiary/aromatic N) is 3. The molecular formula is C12H22IN5OS.